The van der Waals surface area contributed by atoms with Crippen LogP contribution in [0.4, 0.5) is 4.79 Å². The Morgan fingerprint density at radius 2 is 2.00 bits per heavy atom. The number of amides is 1. The van der Waals surface area contributed by atoms with Crippen molar-refractivity contribution >= 4 is 6.09 Å². The second-order valence-electron chi connectivity index (χ2n) is 4.46. The molecular weight excluding hydrogens is 218 g/mol. The van der Waals surface area contributed by atoms with Gasteiger partial charge in [-0.15, -0.1) is 0 Å². The minimum atomic E-state index is -0.497. The zero-order valence-corrected chi connectivity index (χ0v) is 10.3. The van der Waals surface area contributed by atoms with Crippen LogP contribution in [-0.2, 0) is 10.2 Å². The Labute approximate surface area is 102 Å². The van der Waals surface area contributed by atoms with E-state index in [1.165, 1.54) is 0 Å². The van der Waals surface area contributed by atoms with Crippen molar-refractivity contribution < 1.29 is 14.6 Å². The summed E-state index contributed by atoms with van der Waals surface area (Å²) in [5, 5.41) is 11.2. The molecule has 0 radical (unpaired) electrons. The van der Waals surface area contributed by atoms with Crippen LogP contribution >= 0.6 is 0 Å². The topological polar surface area (TPSA) is 58.6 Å². The Hall–Kier alpha value is -1.55. The van der Waals surface area contributed by atoms with Crippen LogP contribution in [0.25, 0.3) is 0 Å². The molecule has 0 spiro atoms. The number of carbonyl (C=O) groups is 1. The fraction of sp³-hybridized carbons (Fsp3) is 0.462. The first-order chi connectivity index (χ1) is 8.06. The maximum Gasteiger partial charge on any atom is 0.407 e. The standard InChI is InChI=1S/C13H19NO3/c1-13(2,11-6-4-3-5-7-11)10-14-12(16)17-9-8-15/h3-7,15H,8-10H2,1-2H3,(H,14,16). The molecule has 17 heavy (non-hydrogen) atoms. The van der Waals surface area contributed by atoms with Crippen molar-refractivity contribution in [1.82, 2.24) is 5.32 Å². The summed E-state index contributed by atoms with van der Waals surface area (Å²) in [4.78, 5) is 11.2. The summed E-state index contributed by atoms with van der Waals surface area (Å²) >= 11 is 0. The maximum atomic E-state index is 11.2. The first-order valence-corrected chi connectivity index (χ1v) is 5.63. The SMILES string of the molecule is CC(C)(CNC(=O)OCCO)c1ccccc1. The highest BCUT2D eigenvalue weighted by atomic mass is 16.6. The van der Waals surface area contributed by atoms with E-state index < -0.39 is 6.09 Å². The normalized spacial score (nSPS) is 11.0. The third-order valence-electron chi connectivity index (χ3n) is 2.55. The van der Waals surface area contributed by atoms with Crippen molar-refractivity contribution in [3.8, 4) is 0 Å². The molecule has 1 amide bonds. The van der Waals surface area contributed by atoms with E-state index in [1.54, 1.807) is 0 Å². The molecule has 0 aromatic heterocycles. The first kappa shape index (κ1) is 13.5. The van der Waals surface area contributed by atoms with Gasteiger partial charge in [0.05, 0.1) is 6.61 Å². The first-order valence-electron chi connectivity index (χ1n) is 5.63. The summed E-state index contributed by atoms with van der Waals surface area (Å²) in [6.07, 6.45) is -0.497. The molecule has 0 bridgehead atoms. The number of aliphatic hydroxyl groups is 1. The van der Waals surface area contributed by atoms with Crippen molar-refractivity contribution in [1.29, 1.82) is 0 Å². The van der Waals surface area contributed by atoms with Gasteiger partial charge in [0, 0.05) is 12.0 Å². The highest BCUT2D eigenvalue weighted by Crippen LogP contribution is 2.21. The minimum absolute atomic E-state index is 0.0254. The van der Waals surface area contributed by atoms with Crippen LogP contribution in [0.2, 0.25) is 0 Å². The lowest BCUT2D eigenvalue weighted by atomic mass is 9.85. The van der Waals surface area contributed by atoms with Crippen LogP contribution in [0.5, 0.6) is 0 Å². The number of benzene rings is 1. The predicted molar refractivity (Wildman–Crippen MR) is 65.9 cm³/mol. The van der Waals surface area contributed by atoms with Gasteiger partial charge in [-0.2, -0.15) is 0 Å². The number of hydrogen-bond donors (Lipinski definition) is 2. The average molecular weight is 237 g/mol. The molecule has 1 aromatic carbocycles. The minimum Gasteiger partial charge on any atom is -0.447 e. The van der Waals surface area contributed by atoms with Crippen molar-refractivity contribution in [3.63, 3.8) is 0 Å². The van der Waals surface area contributed by atoms with Crippen molar-refractivity contribution in [2.24, 2.45) is 0 Å². The van der Waals surface area contributed by atoms with Crippen molar-refractivity contribution in [2.75, 3.05) is 19.8 Å². The summed E-state index contributed by atoms with van der Waals surface area (Å²) in [5.41, 5.74) is 1.00. The molecule has 0 unspecified atom stereocenters. The molecule has 1 aromatic rings. The Balaban J connectivity index is 2.48. The van der Waals surface area contributed by atoms with Gasteiger partial charge in [0.1, 0.15) is 6.61 Å². The monoisotopic (exact) mass is 237 g/mol. The van der Waals surface area contributed by atoms with Gasteiger partial charge in [-0.3, -0.25) is 0 Å². The molecule has 0 heterocycles. The van der Waals surface area contributed by atoms with E-state index in [0.717, 1.165) is 5.56 Å². The molecule has 2 N–H and O–H groups in total. The van der Waals surface area contributed by atoms with E-state index in [2.05, 4.69) is 19.2 Å². The number of hydrogen-bond acceptors (Lipinski definition) is 3. The molecule has 0 fully saturated rings. The third-order valence-corrected chi connectivity index (χ3v) is 2.55. The summed E-state index contributed by atoms with van der Waals surface area (Å²) in [6, 6.07) is 9.96. The van der Waals surface area contributed by atoms with E-state index in [9.17, 15) is 4.79 Å². The number of carbonyl (C=O) groups excluding carboxylic acids is 1. The summed E-state index contributed by atoms with van der Waals surface area (Å²) in [7, 11) is 0. The van der Waals surface area contributed by atoms with E-state index in [0.29, 0.717) is 6.54 Å². The predicted octanol–water partition coefficient (Wildman–Crippen LogP) is 1.68. The van der Waals surface area contributed by atoms with E-state index >= 15 is 0 Å². The van der Waals surface area contributed by atoms with E-state index in [4.69, 9.17) is 9.84 Å². The van der Waals surface area contributed by atoms with E-state index in [1.807, 2.05) is 30.3 Å². The lowest BCUT2D eigenvalue weighted by Crippen LogP contribution is -2.37. The Bertz CT molecular complexity index is 349. The highest BCUT2D eigenvalue weighted by Gasteiger charge is 2.21. The molecule has 4 nitrogen and oxygen atoms in total. The van der Waals surface area contributed by atoms with Crippen LogP contribution in [0.15, 0.2) is 30.3 Å². The number of ether oxygens (including phenoxy) is 1. The van der Waals surface area contributed by atoms with Gasteiger partial charge in [0.2, 0.25) is 0 Å². The largest absolute Gasteiger partial charge is 0.447 e. The molecule has 0 saturated heterocycles. The molecule has 0 atom stereocenters. The Kier molecular flexibility index (Phi) is 4.97. The lowest BCUT2D eigenvalue weighted by molar-refractivity contribution is 0.118. The highest BCUT2D eigenvalue weighted by molar-refractivity contribution is 5.67. The van der Waals surface area contributed by atoms with Crippen LogP contribution in [0.1, 0.15) is 19.4 Å². The quantitative estimate of drug-likeness (QED) is 0.819. The third kappa shape index (κ3) is 4.44. The average Bonchev–Trinajstić information content (AvgIpc) is 2.35. The molecule has 94 valence electrons. The smallest absolute Gasteiger partial charge is 0.407 e. The zero-order chi connectivity index (χ0) is 12.7. The lowest BCUT2D eigenvalue weighted by Gasteiger charge is -2.25. The summed E-state index contributed by atoms with van der Waals surface area (Å²) in [5.74, 6) is 0. The molecule has 0 aliphatic carbocycles. The summed E-state index contributed by atoms with van der Waals surface area (Å²) < 4.78 is 4.72. The van der Waals surface area contributed by atoms with Crippen LogP contribution in [-0.4, -0.2) is 31.0 Å². The van der Waals surface area contributed by atoms with Gasteiger partial charge in [0.25, 0.3) is 0 Å². The number of aliphatic hydroxyl groups excluding tert-OH is 1. The van der Waals surface area contributed by atoms with Crippen LogP contribution in [0, 0.1) is 0 Å². The molecular formula is C13H19NO3. The molecule has 4 heteroatoms. The van der Waals surface area contributed by atoms with Crippen LogP contribution in [0.3, 0.4) is 0 Å². The van der Waals surface area contributed by atoms with Gasteiger partial charge in [-0.05, 0) is 5.56 Å². The number of nitrogens with one attached hydrogen (secondary N) is 1. The fourth-order valence-electron chi connectivity index (χ4n) is 1.47. The van der Waals surface area contributed by atoms with Gasteiger partial charge in [0.15, 0.2) is 0 Å². The van der Waals surface area contributed by atoms with Gasteiger partial charge < -0.3 is 15.2 Å². The van der Waals surface area contributed by atoms with Gasteiger partial charge in [-0.25, -0.2) is 4.79 Å². The zero-order valence-electron chi connectivity index (χ0n) is 10.3. The van der Waals surface area contributed by atoms with Gasteiger partial charge in [-0.1, -0.05) is 44.2 Å². The second-order valence-corrected chi connectivity index (χ2v) is 4.46. The number of rotatable bonds is 5. The molecule has 0 saturated carbocycles. The second kappa shape index (κ2) is 6.25. The Morgan fingerprint density at radius 1 is 1.35 bits per heavy atom. The van der Waals surface area contributed by atoms with Crippen molar-refractivity contribution in [2.45, 2.75) is 19.3 Å². The van der Waals surface area contributed by atoms with Crippen LogP contribution < -0.4 is 5.32 Å². The molecule has 0 aliphatic rings. The fourth-order valence-corrected chi connectivity index (χ4v) is 1.47. The van der Waals surface area contributed by atoms with Gasteiger partial charge >= 0.3 is 6.09 Å². The Morgan fingerprint density at radius 3 is 2.59 bits per heavy atom. The van der Waals surface area contributed by atoms with Crippen molar-refractivity contribution in [3.05, 3.63) is 35.9 Å². The van der Waals surface area contributed by atoms with E-state index in [-0.39, 0.29) is 18.6 Å². The number of alkyl carbamates (subject to hydrolysis) is 1. The maximum absolute atomic E-state index is 11.2. The molecule has 1 rings (SSSR count). The summed E-state index contributed by atoms with van der Waals surface area (Å²) in [6.45, 7) is 4.46. The molecule has 0 aliphatic heterocycles.